The number of rotatable bonds is 9. The fraction of sp³-hybridized carbons (Fsp3) is 0.444. The molecule has 0 fully saturated rings. The molecule has 0 bridgehead atoms. The Morgan fingerprint density at radius 3 is 2.64 bits per heavy atom. The van der Waals surface area contributed by atoms with Gasteiger partial charge in [-0.2, -0.15) is 0 Å². The van der Waals surface area contributed by atoms with Crippen LogP contribution >= 0.6 is 35.5 Å². The molecule has 0 saturated heterocycles. The zero-order valence-corrected chi connectivity index (χ0v) is 17.2. The molecule has 0 radical (unpaired) electrons. The predicted octanol–water partition coefficient (Wildman–Crippen LogP) is 5.18. The number of anilines is 1. The number of carbonyl (C=O) groups excluding carboxylic acids is 1. The number of aryl methyl sites for hydroxylation is 2. The van der Waals surface area contributed by atoms with E-state index >= 15 is 0 Å². The lowest BCUT2D eigenvalue weighted by molar-refractivity contribution is -0.116. The number of nitrogens with zero attached hydrogens (tertiary/aromatic N) is 1. The van der Waals surface area contributed by atoms with Crippen LogP contribution in [0.4, 0.5) is 5.69 Å². The van der Waals surface area contributed by atoms with E-state index in [2.05, 4.69) is 21.7 Å². The first-order valence-corrected chi connectivity index (χ1v) is 9.98. The number of thiazole rings is 1. The Morgan fingerprint density at radius 2 is 2.00 bits per heavy atom. The van der Waals surface area contributed by atoms with Gasteiger partial charge in [-0.15, -0.1) is 23.7 Å². The second-order valence-electron chi connectivity index (χ2n) is 5.83. The van der Waals surface area contributed by atoms with Crippen molar-refractivity contribution in [2.24, 2.45) is 5.73 Å². The van der Waals surface area contributed by atoms with Crippen LogP contribution in [0, 0.1) is 13.8 Å². The second kappa shape index (κ2) is 11.5. The number of carbonyl (C=O) groups is 1. The molecule has 1 heterocycles. The van der Waals surface area contributed by atoms with Gasteiger partial charge < -0.3 is 11.1 Å². The van der Waals surface area contributed by atoms with Crippen LogP contribution in [-0.4, -0.2) is 17.4 Å². The summed E-state index contributed by atoms with van der Waals surface area (Å²) in [6, 6.07) is 6.11. The minimum absolute atomic E-state index is 0. The normalized spacial score (nSPS) is 10.4. The van der Waals surface area contributed by atoms with Crippen molar-refractivity contribution in [3.63, 3.8) is 0 Å². The Labute approximate surface area is 164 Å². The summed E-state index contributed by atoms with van der Waals surface area (Å²) < 4.78 is 1.04. The number of unbranched alkanes of at least 4 members (excludes halogenated alkanes) is 3. The van der Waals surface area contributed by atoms with Crippen LogP contribution in [0.2, 0.25) is 0 Å². The number of halogens is 1. The third-order valence-corrected chi connectivity index (χ3v) is 5.68. The van der Waals surface area contributed by atoms with Crippen molar-refractivity contribution < 1.29 is 4.79 Å². The Hall–Kier alpha value is -1.08. The van der Waals surface area contributed by atoms with Gasteiger partial charge >= 0.3 is 0 Å². The number of hydrogen-bond acceptors (Lipinski definition) is 5. The third kappa shape index (κ3) is 7.77. The van der Waals surface area contributed by atoms with Gasteiger partial charge in [-0.25, -0.2) is 4.98 Å². The van der Waals surface area contributed by atoms with Gasteiger partial charge in [0.25, 0.3) is 0 Å². The summed E-state index contributed by atoms with van der Waals surface area (Å²) in [5.41, 5.74) is 8.48. The summed E-state index contributed by atoms with van der Waals surface area (Å²) in [4.78, 5) is 17.6. The minimum atomic E-state index is 0. The molecule has 2 rings (SSSR count). The summed E-state index contributed by atoms with van der Waals surface area (Å²) in [7, 11) is 0. The van der Waals surface area contributed by atoms with Gasteiger partial charge in [-0.05, 0) is 57.0 Å². The molecule has 0 atom stereocenters. The van der Waals surface area contributed by atoms with Gasteiger partial charge in [0.2, 0.25) is 5.91 Å². The third-order valence-electron chi connectivity index (χ3n) is 3.63. The van der Waals surface area contributed by atoms with Crippen LogP contribution in [0.3, 0.4) is 0 Å². The van der Waals surface area contributed by atoms with Crippen LogP contribution in [0.25, 0.3) is 0 Å². The van der Waals surface area contributed by atoms with Crippen molar-refractivity contribution in [2.45, 2.75) is 55.2 Å². The van der Waals surface area contributed by atoms with Gasteiger partial charge in [0.1, 0.15) is 0 Å². The minimum Gasteiger partial charge on any atom is -0.330 e. The highest BCUT2D eigenvalue weighted by Gasteiger charge is 2.07. The quantitative estimate of drug-likeness (QED) is 0.570. The second-order valence-corrected chi connectivity index (χ2v) is 8.01. The first kappa shape index (κ1) is 22.0. The molecule has 1 aromatic carbocycles. The van der Waals surface area contributed by atoms with E-state index < -0.39 is 0 Å². The highest BCUT2D eigenvalue weighted by Crippen LogP contribution is 2.32. The zero-order valence-electron chi connectivity index (χ0n) is 14.7. The van der Waals surface area contributed by atoms with E-state index in [1.807, 2.05) is 26.0 Å². The van der Waals surface area contributed by atoms with Crippen LogP contribution in [-0.2, 0) is 4.79 Å². The molecule has 1 aromatic heterocycles. The van der Waals surface area contributed by atoms with E-state index in [1.165, 1.54) is 0 Å². The number of hydrogen-bond donors (Lipinski definition) is 2. The lowest BCUT2D eigenvalue weighted by Crippen LogP contribution is -2.12. The molecule has 0 saturated carbocycles. The molecule has 138 valence electrons. The zero-order chi connectivity index (χ0) is 17.4. The van der Waals surface area contributed by atoms with Gasteiger partial charge in [0.15, 0.2) is 4.34 Å². The molecule has 0 aliphatic rings. The summed E-state index contributed by atoms with van der Waals surface area (Å²) in [6.45, 7) is 4.75. The Kier molecular flexibility index (Phi) is 10.1. The molecular formula is C18H26ClN3OS2. The number of amides is 1. The largest absolute Gasteiger partial charge is 0.330 e. The van der Waals surface area contributed by atoms with Crippen molar-refractivity contribution in [1.82, 2.24) is 4.98 Å². The SMILES string of the molecule is Cc1csc(Sc2ccc(NC(=O)CCCCCCN)c(C)c2)n1.Cl. The topological polar surface area (TPSA) is 68.0 Å². The summed E-state index contributed by atoms with van der Waals surface area (Å²) in [5.74, 6) is 0.0850. The summed E-state index contributed by atoms with van der Waals surface area (Å²) in [6.07, 6.45) is 4.69. The highest BCUT2D eigenvalue weighted by molar-refractivity contribution is 8.01. The first-order chi connectivity index (χ1) is 11.6. The maximum absolute atomic E-state index is 12.0. The number of benzene rings is 1. The molecule has 7 heteroatoms. The first-order valence-electron chi connectivity index (χ1n) is 8.29. The van der Waals surface area contributed by atoms with Crippen LogP contribution in [0.15, 0.2) is 32.8 Å². The molecule has 4 nitrogen and oxygen atoms in total. The Bertz CT molecular complexity index is 676. The van der Waals surface area contributed by atoms with E-state index in [0.29, 0.717) is 6.42 Å². The molecule has 0 aliphatic carbocycles. The Morgan fingerprint density at radius 1 is 1.24 bits per heavy atom. The summed E-state index contributed by atoms with van der Waals surface area (Å²) >= 11 is 3.31. The fourth-order valence-electron chi connectivity index (χ4n) is 2.32. The van der Waals surface area contributed by atoms with E-state index in [-0.39, 0.29) is 18.3 Å². The van der Waals surface area contributed by atoms with Gasteiger partial charge in [-0.3, -0.25) is 4.79 Å². The lowest BCUT2D eigenvalue weighted by atomic mass is 10.1. The molecule has 0 unspecified atom stereocenters. The molecule has 0 spiro atoms. The molecule has 3 N–H and O–H groups in total. The monoisotopic (exact) mass is 399 g/mol. The Balaban J connectivity index is 0.00000312. The average Bonchev–Trinajstić information content (AvgIpc) is 2.95. The highest BCUT2D eigenvalue weighted by atomic mass is 35.5. The molecule has 1 amide bonds. The van der Waals surface area contributed by atoms with Gasteiger partial charge in [0, 0.05) is 28.1 Å². The van der Waals surface area contributed by atoms with Crippen LogP contribution in [0.1, 0.15) is 43.4 Å². The van der Waals surface area contributed by atoms with E-state index in [1.54, 1.807) is 23.1 Å². The maximum Gasteiger partial charge on any atom is 0.224 e. The van der Waals surface area contributed by atoms with E-state index in [4.69, 9.17) is 5.73 Å². The summed E-state index contributed by atoms with van der Waals surface area (Å²) in [5, 5.41) is 5.06. The van der Waals surface area contributed by atoms with Crippen molar-refractivity contribution >= 4 is 47.1 Å². The van der Waals surface area contributed by atoms with Crippen LogP contribution < -0.4 is 11.1 Å². The molecule has 2 aromatic rings. The molecular weight excluding hydrogens is 374 g/mol. The number of nitrogens with two attached hydrogens (primary N) is 1. The fourth-order valence-corrected chi connectivity index (χ4v) is 4.23. The standard InChI is InChI=1S/C18H25N3OS2.ClH/c1-13-11-15(24-18-20-14(2)12-23-18)8-9-16(13)21-17(22)7-5-3-4-6-10-19;/h8-9,11-12H,3-7,10,19H2,1-2H3,(H,21,22);1H. The van der Waals surface area contributed by atoms with Crippen molar-refractivity contribution in [1.29, 1.82) is 0 Å². The van der Waals surface area contributed by atoms with Gasteiger partial charge in [0.05, 0.1) is 0 Å². The molecule has 25 heavy (non-hydrogen) atoms. The number of nitrogens with one attached hydrogen (secondary N) is 1. The molecule has 0 aliphatic heterocycles. The smallest absolute Gasteiger partial charge is 0.224 e. The van der Waals surface area contributed by atoms with Gasteiger partial charge in [-0.1, -0.05) is 24.6 Å². The number of aromatic nitrogens is 1. The van der Waals surface area contributed by atoms with Crippen LogP contribution in [0.5, 0.6) is 0 Å². The van der Waals surface area contributed by atoms with E-state index in [9.17, 15) is 4.79 Å². The van der Waals surface area contributed by atoms with E-state index in [0.717, 1.165) is 58.4 Å². The van der Waals surface area contributed by atoms with Crippen molar-refractivity contribution in [3.05, 3.63) is 34.8 Å². The lowest BCUT2D eigenvalue weighted by Gasteiger charge is -2.10. The van der Waals surface area contributed by atoms with Crippen molar-refractivity contribution in [2.75, 3.05) is 11.9 Å². The maximum atomic E-state index is 12.0. The predicted molar refractivity (Wildman–Crippen MR) is 110 cm³/mol. The average molecular weight is 400 g/mol. The van der Waals surface area contributed by atoms with Crippen molar-refractivity contribution in [3.8, 4) is 0 Å².